The average molecular weight is 416 g/mol. The van der Waals surface area contributed by atoms with Gasteiger partial charge in [-0.15, -0.1) is 0 Å². The number of alkyl halides is 3. The molecule has 3 atom stereocenters. The Balaban J connectivity index is 1.57. The van der Waals surface area contributed by atoms with Crippen molar-refractivity contribution in [3.63, 3.8) is 0 Å². The smallest absolute Gasteiger partial charge is 0.279 e. The zero-order valence-electron chi connectivity index (χ0n) is 14.9. The number of likely N-dealkylation sites (tertiary alicyclic amines) is 1. The lowest BCUT2D eigenvalue weighted by Gasteiger charge is -2.40. The third-order valence-corrected chi connectivity index (χ3v) is 7.87. The van der Waals surface area contributed by atoms with Gasteiger partial charge >= 0.3 is 6.18 Å². The van der Waals surface area contributed by atoms with Gasteiger partial charge in [-0.05, 0) is 49.9 Å². The van der Waals surface area contributed by atoms with E-state index in [0.29, 0.717) is 25.7 Å². The van der Waals surface area contributed by atoms with Gasteiger partial charge in [0.15, 0.2) is 0 Å². The summed E-state index contributed by atoms with van der Waals surface area (Å²) in [7, 11) is -3.96. The monoisotopic (exact) mass is 416 g/mol. The number of rotatable bonds is 3. The molecule has 28 heavy (non-hydrogen) atoms. The largest absolute Gasteiger partial charge is 0.416 e. The van der Waals surface area contributed by atoms with Crippen LogP contribution >= 0.6 is 0 Å². The molecule has 3 saturated heterocycles. The molecule has 1 aromatic rings. The molecule has 3 fully saturated rings. The Morgan fingerprint density at radius 1 is 0.857 bits per heavy atom. The van der Waals surface area contributed by atoms with E-state index in [1.165, 1.54) is 9.21 Å². The molecule has 0 spiro atoms. The second kappa shape index (κ2) is 6.55. The Kier molecular flexibility index (Phi) is 4.53. The molecular weight excluding hydrogens is 397 g/mol. The summed E-state index contributed by atoms with van der Waals surface area (Å²) in [5.41, 5.74) is -0.904. The number of hydrogen-bond acceptors (Lipinski definition) is 4. The third kappa shape index (κ3) is 3.12. The highest BCUT2D eigenvalue weighted by Gasteiger charge is 2.50. The maximum atomic E-state index is 13.1. The molecule has 10 heteroatoms. The number of halogens is 3. The van der Waals surface area contributed by atoms with Gasteiger partial charge in [0, 0.05) is 31.0 Å². The maximum Gasteiger partial charge on any atom is 0.416 e. The Bertz CT molecular complexity index is 884. The fraction of sp³-hybridized carbons (Fsp3) is 0.556. The maximum absolute atomic E-state index is 13.1. The van der Waals surface area contributed by atoms with Gasteiger partial charge in [-0.25, -0.2) is 8.42 Å². The number of piperidine rings is 1. The summed E-state index contributed by atoms with van der Waals surface area (Å²) in [4.78, 5) is 25.1. The van der Waals surface area contributed by atoms with E-state index in [1.54, 1.807) is 0 Å². The van der Waals surface area contributed by atoms with Crippen LogP contribution in [0.3, 0.4) is 0 Å². The summed E-state index contributed by atoms with van der Waals surface area (Å²) >= 11 is 0. The van der Waals surface area contributed by atoms with Crippen LogP contribution in [-0.2, 0) is 25.8 Å². The van der Waals surface area contributed by atoms with Crippen molar-refractivity contribution in [2.24, 2.45) is 0 Å². The Labute approximate surface area is 160 Å². The average Bonchev–Trinajstić information content (AvgIpc) is 3.11. The number of sulfonamides is 1. The SMILES string of the molecule is O=C1CCC(=O)N1C1C[C@H]2CC[C@@H](C1)N2S(=O)(=O)c1ccc(C(F)(F)F)cc1. The first-order chi connectivity index (χ1) is 13.1. The zero-order valence-corrected chi connectivity index (χ0v) is 15.7. The summed E-state index contributed by atoms with van der Waals surface area (Å²) in [6.45, 7) is 0. The molecule has 0 aromatic heterocycles. The predicted molar refractivity (Wildman–Crippen MR) is 91.4 cm³/mol. The molecule has 1 unspecified atom stereocenters. The van der Waals surface area contributed by atoms with Gasteiger partial charge in [-0.2, -0.15) is 17.5 Å². The minimum Gasteiger partial charge on any atom is -0.279 e. The van der Waals surface area contributed by atoms with Crippen molar-refractivity contribution in [1.82, 2.24) is 9.21 Å². The van der Waals surface area contributed by atoms with E-state index < -0.39 is 21.8 Å². The lowest BCUT2D eigenvalue weighted by Crippen LogP contribution is -2.53. The summed E-state index contributed by atoms with van der Waals surface area (Å²) in [5.74, 6) is -0.429. The molecule has 4 rings (SSSR count). The summed E-state index contributed by atoms with van der Waals surface area (Å²) in [6, 6.07) is 2.47. The van der Waals surface area contributed by atoms with Gasteiger partial charge in [0.05, 0.1) is 10.5 Å². The highest BCUT2D eigenvalue weighted by atomic mass is 32.2. The highest BCUT2D eigenvalue weighted by molar-refractivity contribution is 7.89. The fourth-order valence-corrected chi connectivity index (χ4v) is 6.54. The second-order valence-electron chi connectivity index (χ2n) is 7.52. The van der Waals surface area contributed by atoms with Gasteiger partial charge in [-0.3, -0.25) is 14.5 Å². The summed E-state index contributed by atoms with van der Waals surface area (Å²) in [5, 5.41) is 0. The van der Waals surface area contributed by atoms with Crippen LogP contribution in [0.4, 0.5) is 13.2 Å². The minimum atomic E-state index is -4.53. The molecule has 0 N–H and O–H groups in total. The van der Waals surface area contributed by atoms with Crippen LogP contribution in [0.1, 0.15) is 44.1 Å². The van der Waals surface area contributed by atoms with Gasteiger partial charge in [0.1, 0.15) is 0 Å². The molecule has 3 aliphatic heterocycles. The van der Waals surface area contributed by atoms with Crippen LogP contribution in [0, 0.1) is 0 Å². The van der Waals surface area contributed by atoms with Crippen molar-refractivity contribution < 1.29 is 31.2 Å². The van der Waals surface area contributed by atoms with Crippen LogP contribution in [0.2, 0.25) is 0 Å². The molecule has 3 aliphatic rings. The van der Waals surface area contributed by atoms with Crippen molar-refractivity contribution in [2.45, 2.75) is 67.7 Å². The molecule has 1 aromatic carbocycles. The number of hydrogen-bond donors (Lipinski definition) is 0. The third-order valence-electron chi connectivity index (χ3n) is 5.85. The number of carbonyl (C=O) groups is 2. The predicted octanol–water partition coefficient (Wildman–Crippen LogP) is 2.54. The first-order valence-electron chi connectivity index (χ1n) is 9.15. The Morgan fingerprint density at radius 2 is 1.36 bits per heavy atom. The van der Waals surface area contributed by atoms with Crippen molar-refractivity contribution in [3.05, 3.63) is 29.8 Å². The minimum absolute atomic E-state index is 0.177. The van der Waals surface area contributed by atoms with E-state index >= 15 is 0 Å². The number of benzene rings is 1. The molecule has 3 heterocycles. The number of nitrogens with zero attached hydrogens (tertiary/aromatic N) is 2. The number of carbonyl (C=O) groups excluding carboxylic acids is 2. The zero-order chi connectivity index (χ0) is 20.3. The molecule has 0 saturated carbocycles. The van der Waals surface area contributed by atoms with Crippen LogP contribution < -0.4 is 0 Å². The Hall–Kier alpha value is -1.94. The topological polar surface area (TPSA) is 74.8 Å². The first kappa shape index (κ1) is 19.4. The van der Waals surface area contributed by atoms with E-state index in [4.69, 9.17) is 0 Å². The van der Waals surface area contributed by atoms with E-state index in [0.717, 1.165) is 24.3 Å². The van der Waals surface area contributed by atoms with Crippen LogP contribution in [0.25, 0.3) is 0 Å². The van der Waals surface area contributed by atoms with Gasteiger partial charge in [0.25, 0.3) is 0 Å². The van der Waals surface area contributed by atoms with E-state index in [1.807, 2.05) is 0 Å². The summed E-state index contributed by atoms with van der Waals surface area (Å²) in [6.07, 6.45) is -2.19. The number of imide groups is 1. The standard InChI is InChI=1S/C18H19F3N2O4S/c19-18(20,21)11-1-5-15(6-2-11)28(26,27)23-12-3-4-13(23)10-14(9-12)22-16(24)7-8-17(22)25/h1-2,5-6,12-14H,3-4,7-10H2/t12-,13+,14?. The second-order valence-corrected chi connectivity index (χ2v) is 9.37. The molecule has 0 aliphatic carbocycles. The molecular formula is C18H19F3N2O4S. The molecule has 0 radical (unpaired) electrons. The summed E-state index contributed by atoms with van der Waals surface area (Å²) < 4.78 is 65.7. The highest BCUT2D eigenvalue weighted by Crippen LogP contribution is 2.42. The Morgan fingerprint density at radius 3 is 1.82 bits per heavy atom. The normalized spacial score (nSPS) is 29.0. The van der Waals surface area contributed by atoms with Crippen LogP contribution in [0.15, 0.2) is 29.2 Å². The van der Waals surface area contributed by atoms with E-state index in [-0.39, 0.29) is 47.7 Å². The van der Waals surface area contributed by atoms with E-state index in [2.05, 4.69) is 0 Å². The van der Waals surface area contributed by atoms with Crippen molar-refractivity contribution >= 4 is 21.8 Å². The quantitative estimate of drug-likeness (QED) is 0.710. The van der Waals surface area contributed by atoms with Crippen molar-refractivity contribution in [1.29, 1.82) is 0 Å². The first-order valence-corrected chi connectivity index (χ1v) is 10.6. The lowest BCUT2D eigenvalue weighted by atomic mass is 9.98. The van der Waals surface area contributed by atoms with Gasteiger partial charge in [0.2, 0.25) is 21.8 Å². The van der Waals surface area contributed by atoms with E-state index in [9.17, 15) is 31.2 Å². The van der Waals surface area contributed by atoms with Gasteiger partial charge < -0.3 is 0 Å². The molecule has 2 bridgehead atoms. The van der Waals surface area contributed by atoms with Gasteiger partial charge in [-0.1, -0.05) is 0 Å². The number of fused-ring (bicyclic) bond motifs is 2. The number of amides is 2. The lowest BCUT2D eigenvalue weighted by molar-refractivity contribution is -0.142. The van der Waals surface area contributed by atoms with Crippen LogP contribution in [-0.4, -0.2) is 47.6 Å². The van der Waals surface area contributed by atoms with Crippen LogP contribution in [0.5, 0.6) is 0 Å². The molecule has 2 amide bonds. The van der Waals surface area contributed by atoms with Crippen molar-refractivity contribution in [2.75, 3.05) is 0 Å². The molecule has 152 valence electrons. The molecule has 6 nitrogen and oxygen atoms in total. The van der Waals surface area contributed by atoms with Crippen molar-refractivity contribution in [3.8, 4) is 0 Å². The fourth-order valence-electron chi connectivity index (χ4n) is 4.65.